The van der Waals surface area contributed by atoms with E-state index in [2.05, 4.69) is 15.5 Å². The van der Waals surface area contributed by atoms with Crippen molar-refractivity contribution in [2.75, 3.05) is 20.1 Å². The van der Waals surface area contributed by atoms with Crippen LogP contribution >= 0.6 is 0 Å². The Kier molecular flexibility index (Phi) is 4.10. The molecule has 23 heavy (non-hydrogen) atoms. The molecule has 2 heterocycles. The lowest BCUT2D eigenvalue weighted by molar-refractivity contribution is 0.0790. The minimum Gasteiger partial charge on any atom is -0.354 e. The maximum atomic E-state index is 12.9. The molecule has 2 N–H and O–H groups in total. The minimum absolute atomic E-state index is 0.112. The largest absolute Gasteiger partial charge is 0.354 e. The molecule has 0 radical (unpaired) electrons. The average Bonchev–Trinajstić information content (AvgIpc) is 3.23. The summed E-state index contributed by atoms with van der Waals surface area (Å²) in [5.74, 6) is -0.603. The van der Waals surface area contributed by atoms with Gasteiger partial charge in [-0.05, 0) is 36.8 Å². The Morgan fingerprint density at radius 3 is 2.78 bits per heavy atom. The van der Waals surface area contributed by atoms with E-state index in [-0.39, 0.29) is 23.5 Å². The van der Waals surface area contributed by atoms with E-state index in [1.165, 1.54) is 24.3 Å². The summed E-state index contributed by atoms with van der Waals surface area (Å²) in [7, 11) is 1.55. The van der Waals surface area contributed by atoms with E-state index >= 15 is 0 Å². The number of rotatable bonds is 3. The Morgan fingerprint density at radius 2 is 2.09 bits per heavy atom. The predicted molar refractivity (Wildman–Crippen MR) is 81.6 cm³/mol. The lowest BCUT2D eigenvalue weighted by Gasteiger charge is -2.16. The summed E-state index contributed by atoms with van der Waals surface area (Å²) >= 11 is 0. The second kappa shape index (κ2) is 6.20. The average molecular weight is 316 g/mol. The number of amides is 2. The maximum absolute atomic E-state index is 12.9. The molecule has 2 aromatic rings. The molecule has 0 unspecified atom stereocenters. The van der Waals surface area contributed by atoms with Gasteiger partial charge in [-0.2, -0.15) is 5.10 Å². The second-order valence-corrected chi connectivity index (χ2v) is 5.53. The highest BCUT2D eigenvalue weighted by Gasteiger charge is 2.29. The number of nitrogens with one attached hydrogen (secondary N) is 2. The van der Waals surface area contributed by atoms with E-state index in [1.54, 1.807) is 18.0 Å². The SMILES string of the molecule is CNC(=O)c1cc([C@H]2CCN(C(=O)c3ccc(F)cc3)C2)[nH]n1. The Labute approximate surface area is 132 Å². The first-order valence-electron chi connectivity index (χ1n) is 7.40. The summed E-state index contributed by atoms with van der Waals surface area (Å²) in [4.78, 5) is 25.7. The van der Waals surface area contributed by atoms with E-state index in [9.17, 15) is 14.0 Å². The molecule has 1 atom stereocenters. The van der Waals surface area contributed by atoms with E-state index in [1.807, 2.05) is 0 Å². The topological polar surface area (TPSA) is 78.1 Å². The van der Waals surface area contributed by atoms with E-state index in [4.69, 9.17) is 0 Å². The zero-order chi connectivity index (χ0) is 16.4. The van der Waals surface area contributed by atoms with Gasteiger partial charge in [-0.15, -0.1) is 0 Å². The second-order valence-electron chi connectivity index (χ2n) is 5.53. The van der Waals surface area contributed by atoms with E-state index in [0.29, 0.717) is 24.3 Å². The van der Waals surface area contributed by atoms with Gasteiger partial charge in [-0.25, -0.2) is 4.39 Å². The number of hydrogen-bond acceptors (Lipinski definition) is 3. The number of carbonyl (C=O) groups excluding carboxylic acids is 2. The van der Waals surface area contributed by atoms with Gasteiger partial charge in [0, 0.05) is 37.3 Å². The van der Waals surface area contributed by atoms with Crippen LogP contribution in [0.5, 0.6) is 0 Å². The monoisotopic (exact) mass is 316 g/mol. The molecule has 0 bridgehead atoms. The fourth-order valence-electron chi connectivity index (χ4n) is 2.76. The summed E-state index contributed by atoms with van der Waals surface area (Å²) in [6, 6.07) is 7.27. The van der Waals surface area contributed by atoms with Gasteiger partial charge in [0.2, 0.25) is 0 Å². The fraction of sp³-hybridized carbons (Fsp3) is 0.312. The summed E-state index contributed by atoms with van der Waals surface area (Å²) in [6.07, 6.45) is 0.794. The summed E-state index contributed by atoms with van der Waals surface area (Å²) in [5.41, 5.74) is 1.66. The standard InChI is InChI=1S/C16H17FN4O2/c1-18-15(22)14-8-13(19-20-14)11-6-7-21(9-11)16(23)10-2-4-12(17)5-3-10/h2-5,8,11H,6-7,9H2,1H3,(H,18,22)(H,19,20)/t11-/m0/s1. The normalized spacial score (nSPS) is 17.3. The molecule has 1 aliphatic heterocycles. The molecule has 120 valence electrons. The van der Waals surface area contributed by atoms with Crippen LogP contribution in [0.25, 0.3) is 0 Å². The smallest absolute Gasteiger partial charge is 0.271 e. The van der Waals surface area contributed by atoms with Crippen molar-refractivity contribution in [2.24, 2.45) is 0 Å². The van der Waals surface area contributed by atoms with Crippen molar-refractivity contribution in [3.05, 3.63) is 53.1 Å². The number of carbonyl (C=O) groups is 2. The molecule has 2 amide bonds. The molecule has 0 spiro atoms. The third-order valence-electron chi connectivity index (χ3n) is 4.06. The van der Waals surface area contributed by atoms with Gasteiger partial charge >= 0.3 is 0 Å². The quantitative estimate of drug-likeness (QED) is 0.901. The molecular weight excluding hydrogens is 299 g/mol. The molecule has 0 saturated carbocycles. The van der Waals surface area contributed by atoms with E-state index < -0.39 is 0 Å². The first-order valence-corrected chi connectivity index (χ1v) is 7.40. The van der Waals surface area contributed by atoms with Crippen molar-refractivity contribution < 1.29 is 14.0 Å². The molecule has 1 aliphatic rings. The molecule has 1 saturated heterocycles. The molecule has 3 rings (SSSR count). The number of aromatic amines is 1. The van der Waals surface area contributed by atoms with Crippen LogP contribution in [-0.4, -0.2) is 47.0 Å². The zero-order valence-corrected chi connectivity index (χ0v) is 12.7. The van der Waals surface area contributed by atoms with Crippen LogP contribution in [0.15, 0.2) is 30.3 Å². The van der Waals surface area contributed by atoms with Gasteiger partial charge < -0.3 is 10.2 Å². The number of nitrogens with zero attached hydrogens (tertiary/aromatic N) is 2. The van der Waals surface area contributed by atoms with Crippen molar-refractivity contribution in [1.82, 2.24) is 20.4 Å². The van der Waals surface area contributed by atoms with Crippen LogP contribution in [0, 0.1) is 5.82 Å². The lowest BCUT2D eigenvalue weighted by atomic mass is 10.0. The Morgan fingerprint density at radius 1 is 1.35 bits per heavy atom. The summed E-state index contributed by atoms with van der Waals surface area (Å²) < 4.78 is 12.9. The molecule has 1 aromatic carbocycles. The Balaban J connectivity index is 1.68. The van der Waals surface area contributed by atoms with Crippen LogP contribution in [0.1, 0.15) is 38.9 Å². The first-order chi connectivity index (χ1) is 11.1. The van der Waals surface area contributed by atoms with Crippen molar-refractivity contribution in [3.8, 4) is 0 Å². The van der Waals surface area contributed by atoms with Crippen LogP contribution in [0.4, 0.5) is 4.39 Å². The highest BCUT2D eigenvalue weighted by molar-refractivity contribution is 5.94. The number of benzene rings is 1. The van der Waals surface area contributed by atoms with E-state index in [0.717, 1.165) is 12.1 Å². The van der Waals surface area contributed by atoms with Crippen LogP contribution in [0.2, 0.25) is 0 Å². The number of H-pyrrole nitrogens is 1. The van der Waals surface area contributed by atoms with Crippen LogP contribution in [-0.2, 0) is 0 Å². The van der Waals surface area contributed by atoms with Crippen molar-refractivity contribution in [3.63, 3.8) is 0 Å². The van der Waals surface area contributed by atoms with Gasteiger partial charge in [0.25, 0.3) is 11.8 Å². The predicted octanol–water partition coefficient (Wildman–Crippen LogP) is 1.54. The summed E-state index contributed by atoms with van der Waals surface area (Å²) in [6.45, 7) is 1.17. The number of likely N-dealkylation sites (tertiary alicyclic amines) is 1. The van der Waals surface area contributed by atoms with Gasteiger partial charge in [0.15, 0.2) is 0 Å². The molecule has 1 fully saturated rings. The number of aromatic nitrogens is 2. The van der Waals surface area contributed by atoms with Crippen molar-refractivity contribution >= 4 is 11.8 Å². The van der Waals surface area contributed by atoms with Crippen molar-refractivity contribution in [1.29, 1.82) is 0 Å². The van der Waals surface area contributed by atoms with Gasteiger partial charge in [0.1, 0.15) is 11.5 Å². The molecular formula is C16H17FN4O2. The Hall–Kier alpha value is -2.70. The first kappa shape index (κ1) is 15.2. The lowest BCUT2D eigenvalue weighted by Crippen LogP contribution is -2.28. The fourth-order valence-corrected chi connectivity index (χ4v) is 2.76. The van der Waals surface area contributed by atoms with Gasteiger partial charge in [-0.1, -0.05) is 0 Å². The maximum Gasteiger partial charge on any atom is 0.271 e. The highest BCUT2D eigenvalue weighted by Crippen LogP contribution is 2.27. The van der Waals surface area contributed by atoms with Gasteiger partial charge in [-0.3, -0.25) is 14.7 Å². The molecule has 1 aromatic heterocycles. The summed E-state index contributed by atoms with van der Waals surface area (Å²) in [5, 5.41) is 9.38. The van der Waals surface area contributed by atoms with Crippen molar-refractivity contribution in [2.45, 2.75) is 12.3 Å². The number of halogens is 1. The third-order valence-corrected chi connectivity index (χ3v) is 4.06. The Bertz CT molecular complexity index is 726. The minimum atomic E-state index is -0.361. The van der Waals surface area contributed by atoms with Crippen LogP contribution in [0.3, 0.4) is 0 Å². The molecule has 6 nitrogen and oxygen atoms in total. The highest BCUT2D eigenvalue weighted by atomic mass is 19.1. The van der Waals surface area contributed by atoms with Gasteiger partial charge in [0.05, 0.1) is 0 Å². The molecule has 0 aliphatic carbocycles. The van der Waals surface area contributed by atoms with Crippen LogP contribution < -0.4 is 5.32 Å². The number of hydrogen-bond donors (Lipinski definition) is 2. The molecule has 7 heteroatoms. The third kappa shape index (κ3) is 3.08. The zero-order valence-electron chi connectivity index (χ0n) is 12.7.